The van der Waals surface area contributed by atoms with Crippen molar-refractivity contribution >= 4 is 27.3 Å². The van der Waals surface area contributed by atoms with Crippen molar-refractivity contribution in [1.82, 2.24) is 20.3 Å². The first-order valence-corrected chi connectivity index (χ1v) is 11.8. The van der Waals surface area contributed by atoms with Crippen LogP contribution in [-0.2, 0) is 37.2 Å². The van der Waals surface area contributed by atoms with Gasteiger partial charge in [-0.05, 0) is 18.1 Å². The normalized spacial score (nSPS) is 18.5. The van der Waals surface area contributed by atoms with E-state index in [1.54, 1.807) is 36.7 Å². The summed E-state index contributed by atoms with van der Waals surface area (Å²) in [5.41, 5.74) is 0.653. The van der Waals surface area contributed by atoms with Crippen molar-refractivity contribution in [3.63, 3.8) is 0 Å². The van der Waals surface area contributed by atoms with Crippen LogP contribution < -0.4 is 5.32 Å². The Morgan fingerprint density at radius 2 is 1.94 bits per heavy atom. The van der Waals surface area contributed by atoms with Gasteiger partial charge in [-0.25, -0.2) is 13.1 Å². The number of amides is 1. The molecule has 9 nitrogen and oxygen atoms in total. The lowest BCUT2D eigenvalue weighted by atomic mass is 9.84. The summed E-state index contributed by atoms with van der Waals surface area (Å²) in [6.07, 6.45) is 1.44. The zero-order valence-corrected chi connectivity index (χ0v) is 18.3. The predicted molar refractivity (Wildman–Crippen MR) is 112 cm³/mol. The smallest absolute Gasteiger partial charge is 0.287 e. The van der Waals surface area contributed by atoms with Gasteiger partial charge >= 0.3 is 0 Å². The number of rotatable bonds is 7. The van der Waals surface area contributed by atoms with Gasteiger partial charge in [0.1, 0.15) is 5.78 Å². The van der Waals surface area contributed by atoms with Gasteiger partial charge in [0, 0.05) is 31.2 Å². The highest BCUT2D eigenvalue weighted by atomic mass is 32.2. The summed E-state index contributed by atoms with van der Waals surface area (Å²) >= 11 is 0. The molecule has 0 saturated carbocycles. The lowest BCUT2D eigenvalue weighted by Gasteiger charge is -2.22. The Morgan fingerprint density at radius 3 is 2.61 bits per heavy atom. The molecular weight excluding hydrogens is 420 g/mol. The molecule has 2 aromatic rings. The molecule has 2 atom stereocenters. The molecule has 0 radical (unpaired) electrons. The number of fused-ring (bicyclic) bond motifs is 1. The first-order valence-electron chi connectivity index (χ1n) is 10.2. The minimum Gasteiger partial charge on any atom is -0.348 e. The zero-order valence-electron chi connectivity index (χ0n) is 17.5. The second-order valence-electron chi connectivity index (χ2n) is 8.09. The second-order valence-corrected chi connectivity index (χ2v) is 10.1. The molecule has 31 heavy (non-hydrogen) atoms. The van der Waals surface area contributed by atoms with E-state index < -0.39 is 33.4 Å². The molecule has 0 spiro atoms. The Hall–Kier alpha value is -2.88. The van der Waals surface area contributed by atoms with E-state index in [9.17, 15) is 22.8 Å². The SMILES string of the molecule is CC(C)C(CS(=O)(=O)c1ccccc1)C(=O)CC1Cc2cnnn2CCNC(=O)C1=O. The first kappa shape index (κ1) is 22.8. The van der Waals surface area contributed by atoms with Crippen LogP contribution >= 0.6 is 0 Å². The van der Waals surface area contributed by atoms with Gasteiger partial charge < -0.3 is 5.32 Å². The zero-order chi connectivity index (χ0) is 22.6. The molecule has 166 valence electrons. The van der Waals surface area contributed by atoms with Crippen LogP contribution in [0.5, 0.6) is 0 Å². The monoisotopic (exact) mass is 446 g/mol. The van der Waals surface area contributed by atoms with Crippen molar-refractivity contribution in [3.05, 3.63) is 42.2 Å². The van der Waals surface area contributed by atoms with Crippen LogP contribution in [-0.4, -0.2) is 53.2 Å². The maximum atomic E-state index is 13.2. The summed E-state index contributed by atoms with van der Waals surface area (Å²) in [6.45, 7) is 4.16. The topological polar surface area (TPSA) is 128 Å². The third kappa shape index (κ3) is 5.43. The molecule has 3 rings (SSSR count). The average molecular weight is 447 g/mol. The van der Waals surface area contributed by atoms with Gasteiger partial charge in [0.25, 0.3) is 5.91 Å². The maximum Gasteiger partial charge on any atom is 0.287 e. The van der Waals surface area contributed by atoms with E-state index in [1.165, 1.54) is 18.3 Å². The number of carbonyl (C=O) groups excluding carboxylic acids is 3. The van der Waals surface area contributed by atoms with Crippen LogP contribution in [0.1, 0.15) is 26.0 Å². The van der Waals surface area contributed by atoms with Crippen LogP contribution in [0.3, 0.4) is 0 Å². The summed E-state index contributed by atoms with van der Waals surface area (Å²) in [6, 6.07) is 7.97. The predicted octanol–water partition coefficient (Wildman–Crippen LogP) is 0.841. The Balaban J connectivity index is 1.82. The minimum absolute atomic E-state index is 0.140. The van der Waals surface area contributed by atoms with Gasteiger partial charge in [-0.2, -0.15) is 0 Å². The second kappa shape index (κ2) is 9.51. The molecule has 10 heteroatoms. The molecular formula is C21H26N4O5S. The largest absolute Gasteiger partial charge is 0.348 e. The quantitative estimate of drug-likeness (QED) is 0.624. The van der Waals surface area contributed by atoms with Crippen LogP contribution in [0.2, 0.25) is 0 Å². The van der Waals surface area contributed by atoms with Crippen molar-refractivity contribution in [2.75, 3.05) is 12.3 Å². The molecule has 0 bridgehead atoms. The van der Waals surface area contributed by atoms with Crippen LogP contribution in [0, 0.1) is 17.8 Å². The van der Waals surface area contributed by atoms with Crippen molar-refractivity contribution in [2.24, 2.45) is 17.8 Å². The third-order valence-corrected chi connectivity index (χ3v) is 7.31. The molecule has 2 heterocycles. The lowest BCUT2D eigenvalue weighted by molar-refractivity contribution is -0.141. The number of carbonyl (C=O) groups is 3. The third-order valence-electron chi connectivity index (χ3n) is 5.52. The number of hydrogen-bond donors (Lipinski definition) is 1. The fraction of sp³-hybridized carbons (Fsp3) is 0.476. The van der Waals surface area contributed by atoms with E-state index in [2.05, 4.69) is 15.6 Å². The summed E-state index contributed by atoms with van der Waals surface area (Å²) in [7, 11) is -3.68. The van der Waals surface area contributed by atoms with E-state index in [0.717, 1.165) is 0 Å². The van der Waals surface area contributed by atoms with Crippen molar-refractivity contribution < 1.29 is 22.8 Å². The molecule has 1 aromatic carbocycles. The molecule has 1 amide bonds. The Morgan fingerprint density at radius 1 is 1.23 bits per heavy atom. The number of nitrogens with one attached hydrogen (secondary N) is 1. The van der Waals surface area contributed by atoms with Gasteiger partial charge in [-0.15, -0.1) is 5.10 Å². The van der Waals surface area contributed by atoms with Crippen LogP contribution in [0.4, 0.5) is 0 Å². The molecule has 0 saturated heterocycles. The fourth-order valence-corrected chi connectivity index (χ4v) is 5.50. The number of sulfone groups is 1. The van der Waals surface area contributed by atoms with E-state index in [4.69, 9.17) is 0 Å². The Labute approximate surface area is 181 Å². The summed E-state index contributed by atoms with van der Waals surface area (Å²) in [5.74, 6) is -4.07. The van der Waals surface area contributed by atoms with Gasteiger partial charge in [0.15, 0.2) is 9.84 Å². The average Bonchev–Trinajstić information content (AvgIpc) is 3.18. The highest BCUT2D eigenvalue weighted by molar-refractivity contribution is 7.91. The Kier molecular flexibility index (Phi) is 6.99. The molecule has 1 N–H and O–H groups in total. The van der Waals surface area contributed by atoms with Crippen molar-refractivity contribution in [2.45, 2.75) is 38.1 Å². The number of ketones is 2. The molecule has 1 aliphatic heterocycles. The van der Waals surface area contributed by atoms with E-state index in [0.29, 0.717) is 12.2 Å². The van der Waals surface area contributed by atoms with E-state index in [-0.39, 0.29) is 41.7 Å². The van der Waals surface area contributed by atoms with Crippen molar-refractivity contribution in [3.8, 4) is 0 Å². The van der Waals surface area contributed by atoms with Gasteiger partial charge in [0.05, 0.1) is 29.1 Å². The number of Topliss-reactive ketones (excluding diaryl/α,β-unsaturated/α-hetero) is 2. The molecule has 0 aliphatic carbocycles. The summed E-state index contributed by atoms with van der Waals surface area (Å²) in [5, 5.41) is 10.3. The van der Waals surface area contributed by atoms with Gasteiger partial charge in [-0.3, -0.25) is 14.4 Å². The molecule has 1 aromatic heterocycles. The molecule has 2 unspecified atom stereocenters. The molecule has 1 aliphatic rings. The maximum absolute atomic E-state index is 13.2. The lowest BCUT2D eigenvalue weighted by Crippen LogP contribution is -2.38. The Bertz CT molecular complexity index is 1060. The highest BCUT2D eigenvalue weighted by Gasteiger charge is 2.35. The fourth-order valence-electron chi connectivity index (χ4n) is 3.70. The number of nitrogens with zero attached hydrogens (tertiary/aromatic N) is 3. The highest BCUT2D eigenvalue weighted by Crippen LogP contribution is 2.24. The minimum atomic E-state index is -3.68. The standard InChI is InChI=1S/C21H26N4O5S/c1-14(2)18(13-31(29,30)17-6-4-3-5-7-17)19(26)11-15-10-16-12-23-24-25(16)9-8-22-21(28)20(15)27/h3-7,12,14-15,18H,8-11,13H2,1-2H3,(H,22,28). The van der Waals surface area contributed by atoms with Gasteiger partial charge in [0.2, 0.25) is 5.78 Å². The van der Waals surface area contributed by atoms with Crippen LogP contribution in [0.25, 0.3) is 0 Å². The summed E-state index contributed by atoms with van der Waals surface area (Å²) in [4.78, 5) is 38.2. The van der Waals surface area contributed by atoms with Crippen molar-refractivity contribution in [1.29, 1.82) is 0 Å². The van der Waals surface area contributed by atoms with Gasteiger partial charge in [-0.1, -0.05) is 37.3 Å². The first-order chi connectivity index (χ1) is 14.7. The van der Waals surface area contributed by atoms with E-state index >= 15 is 0 Å². The number of hydrogen-bond acceptors (Lipinski definition) is 7. The van der Waals surface area contributed by atoms with E-state index in [1.807, 2.05) is 0 Å². The number of aromatic nitrogens is 3. The van der Waals surface area contributed by atoms with Crippen LogP contribution in [0.15, 0.2) is 41.4 Å². The number of benzene rings is 1. The summed E-state index contributed by atoms with van der Waals surface area (Å²) < 4.78 is 27.3. The molecule has 0 fully saturated rings.